The number of benzene rings is 1. The van der Waals surface area contributed by atoms with Gasteiger partial charge in [-0.15, -0.1) is 0 Å². The van der Waals surface area contributed by atoms with Crippen molar-refractivity contribution in [2.24, 2.45) is 0 Å². The second-order valence-corrected chi connectivity index (χ2v) is 5.91. The monoisotopic (exact) mass is 501 g/mol. The fraction of sp³-hybridized carbons (Fsp3) is 0.250. The Morgan fingerprint density at radius 1 is 1.00 bits per heavy atom. The van der Waals surface area contributed by atoms with Crippen molar-refractivity contribution in [3.05, 3.63) is 18.2 Å². The molecule has 1 aromatic rings. The topological polar surface area (TPSA) is 69.7 Å². The van der Waals surface area contributed by atoms with E-state index in [4.69, 9.17) is 0 Å². The highest BCUT2D eigenvalue weighted by Gasteiger charge is 2.17. The lowest BCUT2D eigenvalue weighted by Crippen LogP contribution is -2.20. The Kier molecular flexibility index (Phi) is 6.17. The molecule has 0 fully saturated rings. The summed E-state index contributed by atoms with van der Waals surface area (Å²) >= 11 is 3.74. The Morgan fingerprint density at radius 3 is 2.00 bits per heavy atom. The minimum absolute atomic E-state index is 0.133. The van der Waals surface area contributed by atoms with Crippen LogP contribution in [-0.2, 0) is 14.4 Å². The molecule has 0 aliphatic carbocycles. The molecule has 8 heteroatoms. The highest BCUT2D eigenvalue weighted by molar-refractivity contribution is 14.1. The van der Waals surface area contributed by atoms with E-state index in [9.17, 15) is 14.4 Å². The average Bonchev–Trinajstić information content (AvgIpc) is 2.36. The third kappa shape index (κ3) is 4.30. The average molecular weight is 501 g/mol. The van der Waals surface area contributed by atoms with Crippen LogP contribution in [0.1, 0.15) is 20.8 Å². The molecule has 108 valence electrons. The van der Waals surface area contributed by atoms with Gasteiger partial charge in [-0.25, -0.2) is 0 Å². The van der Waals surface area contributed by atoms with Gasteiger partial charge in [-0.05, 0) is 18.2 Å². The third-order valence-electron chi connectivity index (χ3n) is 2.28. The minimum Gasteiger partial charge on any atom is -0.325 e. The van der Waals surface area contributed by atoms with Crippen molar-refractivity contribution in [3.63, 3.8) is 0 Å². The van der Waals surface area contributed by atoms with Crippen molar-refractivity contribution < 1.29 is 14.4 Å². The van der Waals surface area contributed by atoms with Crippen LogP contribution in [0.3, 0.4) is 0 Å². The molecular weight excluding hydrogens is 488 g/mol. The molecule has 20 heavy (non-hydrogen) atoms. The van der Waals surface area contributed by atoms with Gasteiger partial charge in [-0.1, -0.05) is 0 Å². The van der Waals surface area contributed by atoms with Gasteiger partial charge in [0.15, 0.2) is 0 Å². The van der Waals surface area contributed by atoms with Gasteiger partial charge in [-0.2, -0.15) is 0 Å². The van der Waals surface area contributed by atoms with Crippen LogP contribution in [0.4, 0.5) is 17.1 Å². The number of nitrogens with zero attached hydrogens (tertiary/aromatic N) is 2. The lowest BCUT2D eigenvalue weighted by Gasteiger charge is -2.20. The molecule has 0 bridgehead atoms. The standard InChI is InChI=1S/C12H13I2N3O3/c1-7(18)15-11-5-4-10(16(13)8(2)19)6-12(11)17(14)9(3)20/h4-6H,1-3H3,(H,15,18). The van der Waals surface area contributed by atoms with Crippen molar-refractivity contribution in [3.8, 4) is 0 Å². The van der Waals surface area contributed by atoms with E-state index in [2.05, 4.69) is 5.32 Å². The number of nitrogens with one attached hydrogen (secondary N) is 1. The number of hydrogen-bond donors (Lipinski definition) is 1. The fourth-order valence-electron chi connectivity index (χ4n) is 1.45. The zero-order valence-corrected chi connectivity index (χ0v) is 15.4. The van der Waals surface area contributed by atoms with Gasteiger partial charge in [-0.3, -0.25) is 20.6 Å². The van der Waals surface area contributed by atoms with Crippen LogP contribution in [0.15, 0.2) is 18.2 Å². The molecule has 6 nitrogen and oxygen atoms in total. The first-order valence-corrected chi connectivity index (χ1v) is 7.51. The second kappa shape index (κ2) is 7.20. The molecule has 0 radical (unpaired) electrons. The van der Waals surface area contributed by atoms with E-state index in [1.54, 1.807) is 18.2 Å². The summed E-state index contributed by atoms with van der Waals surface area (Å²) in [6.45, 7) is 4.26. The summed E-state index contributed by atoms with van der Waals surface area (Å²) in [6, 6.07) is 5.04. The normalized spacial score (nSPS) is 9.85. The van der Waals surface area contributed by atoms with Crippen LogP contribution in [0.2, 0.25) is 0 Å². The van der Waals surface area contributed by atoms with E-state index in [0.29, 0.717) is 17.1 Å². The van der Waals surface area contributed by atoms with Crippen LogP contribution in [0, 0.1) is 0 Å². The van der Waals surface area contributed by atoms with Crippen LogP contribution in [0.5, 0.6) is 0 Å². The number of carbonyl (C=O) groups excluding carboxylic acids is 3. The molecule has 1 rings (SSSR count). The Morgan fingerprint density at radius 2 is 1.55 bits per heavy atom. The first kappa shape index (κ1) is 17.1. The van der Waals surface area contributed by atoms with Gasteiger partial charge in [0, 0.05) is 20.8 Å². The van der Waals surface area contributed by atoms with Crippen LogP contribution < -0.4 is 11.5 Å². The smallest absolute Gasteiger partial charge is 0.232 e. The van der Waals surface area contributed by atoms with Crippen molar-refractivity contribution >= 4 is 80.5 Å². The lowest BCUT2D eigenvalue weighted by atomic mass is 10.2. The summed E-state index contributed by atoms with van der Waals surface area (Å²) in [6.07, 6.45) is 0. The Balaban J connectivity index is 3.31. The molecule has 0 heterocycles. The number of halogens is 2. The number of rotatable bonds is 3. The molecule has 0 atom stereocenters. The van der Waals surface area contributed by atoms with E-state index in [1.807, 2.05) is 45.7 Å². The van der Waals surface area contributed by atoms with E-state index < -0.39 is 0 Å². The maximum absolute atomic E-state index is 11.5. The molecule has 3 amide bonds. The minimum atomic E-state index is -0.231. The SMILES string of the molecule is CC(=O)Nc1ccc(N(I)C(C)=O)cc1N(I)C(C)=O. The van der Waals surface area contributed by atoms with Crippen molar-refractivity contribution in [1.29, 1.82) is 0 Å². The number of hydrogen-bond acceptors (Lipinski definition) is 3. The highest BCUT2D eigenvalue weighted by atomic mass is 127. The molecule has 1 aromatic carbocycles. The van der Waals surface area contributed by atoms with Gasteiger partial charge in [0.1, 0.15) is 0 Å². The summed E-state index contributed by atoms with van der Waals surface area (Å²) in [5, 5.41) is 2.66. The van der Waals surface area contributed by atoms with E-state index in [0.717, 1.165) is 0 Å². The van der Waals surface area contributed by atoms with Gasteiger partial charge in [0.05, 0.1) is 62.8 Å². The quantitative estimate of drug-likeness (QED) is 0.512. The second-order valence-electron chi connectivity index (χ2n) is 3.98. The predicted octanol–water partition coefficient (Wildman–Crippen LogP) is 3.05. The summed E-state index contributed by atoms with van der Waals surface area (Å²) in [5.41, 5.74) is 1.66. The van der Waals surface area contributed by atoms with Gasteiger partial charge in [0.2, 0.25) is 17.7 Å². The maximum atomic E-state index is 11.5. The first-order valence-electron chi connectivity index (χ1n) is 5.58. The van der Waals surface area contributed by atoms with Crippen LogP contribution in [-0.4, -0.2) is 17.7 Å². The molecule has 0 saturated heterocycles. The Hall–Kier alpha value is -0.910. The number of amides is 3. The zero-order chi connectivity index (χ0) is 15.4. The summed E-state index contributed by atoms with van der Waals surface area (Å²) in [5.74, 6) is -0.547. The maximum Gasteiger partial charge on any atom is 0.232 e. The largest absolute Gasteiger partial charge is 0.325 e. The third-order valence-corrected chi connectivity index (χ3v) is 4.72. The summed E-state index contributed by atoms with van der Waals surface area (Å²) in [4.78, 5) is 34.1. The number of carbonyl (C=O) groups is 3. The lowest BCUT2D eigenvalue weighted by molar-refractivity contribution is -0.115. The van der Waals surface area contributed by atoms with E-state index in [1.165, 1.54) is 27.0 Å². The predicted molar refractivity (Wildman–Crippen MR) is 95.1 cm³/mol. The molecular formula is C12H13I2N3O3. The van der Waals surface area contributed by atoms with Crippen molar-refractivity contribution in [2.45, 2.75) is 20.8 Å². The van der Waals surface area contributed by atoms with Crippen molar-refractivity contribution in [1.82, 2.24) is 0 Å². The molecule has 0 aliphatic rings. The van der Waals surface area contributed by atoms with E-state index >= 15 is 0 Å². The van der Waals surface area contributed by atoms with Crippen molar-refractivity contribution in [2.75, 3.05) is 11.5 Å². The first-order chi connectivity index (χ1) is 9.23. The molecule has 0 unspecified atom stereocenters. The molecule has 0 aliphatic heterocycles. The summed E-state index contributed by atoms with van der Waals surface area (Å²) < 4.78 is 2.82. The van der Waals surface area contributed by atoms with Gasteiger partial charge < -0.3 is 5.32 Å². The zero-order valence-electron chi connectivity index (χ0n) is 11.1. The molecule has 1 N–H and O–H groups in total. The Bertz CT molecular complexity index is 563. The molecule has 0 aromatic heterocycles. The van der Waals surface area contributed by atoms with Crippen LogP contribution >= 0.6 is 45.7 Å². The number of anilines is 3. The van der Waals surface area contributed by atoms with Crippen LogP contribution in [0.25, 0.3) is 0 Å². The van der Waals surface area contributed by atoms with Gasteiger partial charge >= 0.3 is 0 Å². The fourth-order valence-corrected chi connectivity index (χ4v) is 2.15. The van der Waals surface area contributed by atoms with E-state index in [-0.39, 0.29) is 17.7 Å². The highest BCUT2D eigenvalue weighted by Crippen LogP contribution is 2.34. The van der Waals surface area contributed by atoms with Gasteiger partial charge in [0.25, 0.3) is 0 Å². The summed E-state index contributed by atoms with van der Waals surface area (Å²) in [7, 11) is 0. The molecule has 0 spiro atoms. The molecule has 0 saturated carbocycles. The Labute approximate surface area is 144 Å².